The van der Waals surface area contributed by atoms with E-state index in [2.05, 4.69) is 15.9 Å². The van der Waals surface area contributed by atoms with Crippen molar-refractivity contribution in [3.63, 3.8) is 0 Å². The van der Waals surface area contributed by atoms with Gasteiger partial charge in [-0.1, -0.05) is 36.4 Å². The third kappa shape index (κ3) is 2.93. The predicted octanol–water partition coefficient (Wildman–Crippen LogP) is 5.42. The molecular weight excluding hydrogens is 315 g/mol. The van der Waals surface area contributed by atoms with Crippen LogP contribution in [0, 0.1) is 12.7 Å². The van der Waals surface area contributed by atoms with E-state index in [1.807, 2.05) is 31.2 Å². The summed E-state index contributed by atoms with van der Waals surface area (Å²) in [5.74, 6) is -0.272. The van der Waals surface area contributed by atoms with E-state index < -0.39 is 0 Å². The first-order chi connectivity index (χ1) is 8.59. The Labute approximate surface area is 120 Å². The Morgan fingerprint density at radius 2 is 1.89 bits per heavy atom. The molecule has 0 aliphatic carbocycles. The fourth-order valence-corrected chi connectivity index (χ4v) is 2.62. The predicted molar refractivity (Wildman–Crippen MR) is 77.6 cm³/mol. The lowest BCUT2D eigenvalue weighted by Crippen LogP contribution is -2.01. The minimum atomic E-state index is -0.358. The molecule has 0 fully saturated rings. The molecule has 2 aromatic rings. The molecule has 0 saturated heterocycles. The Hall–Kier alpha value is -0.860. The van der Waals surface area contributed by atoms with E-state index in [0.717, 1.165) is 5.56 Å². The Morgan fingerprint density at radius 1 is 1.17 bits per heavy atom. The first-order valence-corrected chi connectivity index (χ1v) is 6.95. The van der Waals surface area contributed by atoms with Crippen LogP contribution in [0.25, 0.3) is 0 Å². The number of hydrogen-bond acceptors (Lipinski definition) is 0. The van der Waals surface area contributed by atoms with Gasteiger partial charge >= 0.3 is 0 Å². The molecule has 0 radical (unpaired) electrons. The fourth-order valence-electron chi connectivity index (χ4n) is 1.90. The van der Waals surface area contributed by atoms with E-state index in [1.165, 1.54) is 5.56 Å². The van der Waals surface area contributed by atoms with Gasteiger partial charge in [0.25, 0.3) is 0 Å². The molecule has 0 heterocycles. The van der Waals surface area contributed by atoms with Gasteiger partial charge in [-0.15, -0.1) is 11.6 Å². The van der Waals surface area contributed by atoms with Gasteiger partial charge in [-0.05, 0) is 46.5 Å². The number of alkyl halides is 1. The van der Waals surface area contributed by atoms with E-state index in [0.29, 0.717) is 16.5 Å². The molecule has 0 aliphatic heterocycles. The zero-order valence-corrected chi connectivity index (χ0v) is 12.3. The van der Waals surface area contributed by atoms with Gasteiger partial charge in [0.05, 0.1) is 9.85 Å². The van der Waals surface area contributed by atoms with Crippen molar-refractivity contribution in [1.29, 1.82) is 0 Å². The fraction of sp³-hybridized carbons (Fsp3) is 0.200. The van der Waals surface area contributed by atoms with E-state index in [-0.39, 0.29) is 11.2 Å². The van der Waals surface area contributed by atoms with Crippen LogP contribution in [0.1, 0.15) is 22.1 Å². The molecule has 0 bridgehead atoms. The van der Waals surface area contributed by atoms with Crippen LogP contribution < -0.4 is 0 Å². The molecule has 3 heteroatoms. The second-order valence-electron chi connectivity index (χ2n) is 4.24. The summed E-state index contributed by atoms with van der Waals surface area (Å²) in [4.78, 5) is 0. The average Bonchev–Trinajstić information content (AvgIpc) is 2.35. The van der Waals surface area contributed by atoms with Crippen LogP contribution in [-0.2, 0) is 6.42 Å². The largest absolute Gasteiger partial charge is 0.205 e. The highest BCUT2D eigenvalue weighted by molar-refractivity contribution is 9.10. The molecular formula is C15H13BrClF. The molecule has 0 spiro atoms. The summed E-state index contributed by atoms with van der Waals surface area (Å²) < 4.78 is 14.4. The highest BCUT2D eigenvalue weighted by atomic mass is 79.9. The van der Waals surface area contributed by atoms with Crippen LogP contribution in [0.3, 0.4) is 0 Å². The number of benzene rings is 2. The Morgan fingerprint density at radius 3 is 2.61 bits per heavy atom. The summed E-state index contributed by atoms with van der Waals surface area (Å²) in [6.07, 6.45) is 0.627. The van der Waals surface area contributed by atoms with Crippen LogP contribution >= 0.6 is 27.5 Å². The maximum Gasteiger partial charge on any atom is 0.142 e. The highest BCUT2D eigenvalue weighted by Crippen LogP contribution is 2.31. The highest BCUT2D eigenvalue weighted by Gasteiger charge is 2.16. The second-order valence-corrected chi connectivity index (χ2v) is 5.62. The Kier molecular flexibility index (Phi) is 4.41. The third-order valence-electron chi connectivity index (χ3n) is 2.98. The summed E-state index contributed by atoms with van der Waals surface area (Å²) in [6, 6.07) is 13.2. The maximum atomic E-state index is 13.9. The normalized spacial score (nSPS) is 12.4. The molecule has 2 rings (SSSR count). The monoisotopic (exact) mass is 326 g/mol. The minimum absolute atomic E-state index is 0.272. The van der Waals surface area contributed by atoms with Crippen LogP contribution in [-0.4, -0.2) is 0 Å². The van der Waals surface area contributed by atoms with Crippen molar-refractivity contribution in [2.24, 2.45) is 0 Å². The van der Waals surface area contributed by atoms with Crippen LogP contribution in [0.5, 0.6) is 0 Å². The molecule has 94 valence electrons. The van der Waals surface area contributed by atoms with Gasteiger partial charge in [-0.2, -0.15) is 0 Å². The molecule has 2 aromatic carbocycles. The van der Waals surface area contributed by atoms with Gasteiger partial charge < -0.3 is 0 Å². The van der Waals surface area contributed by atoms with E-state index in [4.69, 9.17) is 11.6 Å². The van der Waals surface area contributed by atoms with Crippen LogP contribution in [0.4, 0.5) is 4.39 Å². The second kappa shape index (κ2) is 5.85. The number of rotatable bonds is 3. The SMILES string of the molecule is Cc1ccccc1CC(Cl)c1cccc(Br)c1F. The van der Waals surface area contributed by atoms with Crippen molar-refractivity contribution in [2.45, 2.75) is 18.7 Å². The summed E-state index contributed by atoms with van der Waals surface area (Å²) in [6.45, 7) is 2.04. The van der Waals surface area contributed by atoms with Gasteiger partial charge in [0.1, 0.15) is 5.82 Å². The molecule has 0 aliphatic rings. The van der Waals surface area contributed by atoms with Crippen LogP contribution in [0.2, 0.25) is 0 Å². The average molecular weight is 328 g/mol. The van der Waals surface area contributed by atoms with Crippen molar-refractivity contribution < 1.29 is 4.39 Å². The third-order valence-corrected chi connectivity index (χ3v) is 3.98. The van der Waals surface area contributed by atoms with Gasteiger partial charge in [-0.3, -0.25) is 0 Å². The van der Waals surface area contributed by atoms with E-state index in [1.54, 1.807) is 18.2 Å². The molecule has 0 saturated carbocycles. The van der Waals surface area contributed by atoms with Crippen molar-refractivity contribution in [1.82, 2.24) is 0 Å². The van der Waals surface area contributed by atoms with Gasteiger partial charge in [0, 0.05) is 5.56 Å². The quantitative estimate of drug-likeness (QED) is 0.660. The summed E-state index contributed by atoms with van der Waals surface area (Å²) in [7, 11) is 0. The zero-order valence-electron chi connectivity index (χ0n) is 9.96. The zero-order chi connectivity index (χ0) is 13.1. The number of hydrogen-bond donors (Lipinski definition) is 0. The first kappa shape index (κ1) is 13.6. The number of aryl methyl sites for hydroxylation is 1. The van der Waals surface area contributed by atoms with Gasteiger partial charge in [0.15, 0.2) is 0 Å². The topological polar surface area (TPSA) is 0 Å². The molecule has 18 heavy (non-hydrogen) atoms. The first-order valence-electron chi connectivity index (χ1n) is 5.72. The molecule has 1 atom stereocenters. The molecule has 0 amide bonds. The smallest absolute Gasteiger partial charge is 0.142 e. The molecule has 0 N–H and O–H groups in total. The molecule has 0 aromatic heterocycles. The van der Waals surface area contributed by atoms with Crippen molar-refractivity contribution >= 4 is 27.5 Å². The standard InChI is InChI=1S/C15H13BrClF/c1-10-5-2-3-6-11(10)9-14(17)12-7-4-8-13(16)15(12)18/h2-8,14H,9H2,1H3. The van der Waals surface area contributed by atoms with E-state index in [9.17, 15) is 4.39 Å². The van der Waals surface area contributed by atoms with Crippen LogP contribution in [0.15, 0.2) is 46.9 Å². The Bertz CT molecular complexity index is 554. The molecule has 1 unspecified atom stereocenters. The van der Waals surface area contributed by atoms with Crippen molar-refractivity contribution in [3.8, 4) is 0 Å². The van der Waals surface area contributed by atoms with Gasteiger partial charge in [-0.25, -0.2) is 4.39 Å². The summed E-state index contributed by atoms with van der Waals surface area (Å²) in [5.41, 5.74) is 2.87. The van der Waals surface area contributed by atoms with Gasteiger partial charge in [0.2, 0.25) is 0 Å². The summed E-state index contributed by atoms with van der Waals surface area (Å²) in [5, 5.41) is -0.358. The Balaban J connectivity index is 2.25. The lowest BCUT2D eigenvalue weighted by atomic mass is 10.00. The maximum absolute atomic E-state index is 13.9. The van der Waals surface area contributed by atoms with Crippen molar-refractivity contribution in [3.05, 3.63) is 69.4 Å². The number of halogens is 3. The van der Waals surface area contributed by atoms with E-state index >= 15 is 0 Å². The lowest BCUT2D eigenvalue weighted by Gasteiger charge is -2.13. The summed E-state index contributed by atoms with van der Waals surface area (Å²) >= 11 is 9.51. The van der Waals surface area contributed by atoms with Crippen molar-refractivity contribution in [2.75, 3.05) is 0 Å². The lowest BCUT2D eigenvalue weighted by molar-refractivity contribution is 0.599. The molecule has 0 nitrogen and oxygen atoms in total. The minimum Gasteiger partial charge on any atom is -0.205 e.